The summed E-state index contributed by atoms with van der Waals surface area (Å²) in [5.41, 5.74) is 3.35. The number of carbonyl (C=O) groups is 1. The van der Waals surface area contributed by atoms with E-state index >= 15 is 0 Å². The molecule has 1 amide bonds. The number of benzene rings is 1. The summed E-state index contributed by atoms with van der Waals surface area (Å²) in [6.07, 6.45) is 5.31. The first kappa shape index (κ1) is 18.0. The molecule has 0 spiro atoms. The van der Waals surface area contributed by atoms with Crippen molar-refractivity contribution in [3.63, 3.8) is 0 Å². The first-order valence-corrected chi connectivity index (χ1v) is 8.85. The van der Waals surface area contributed by atoms with Gasteiger partial charge in [0.05, 0.1) is 0 Å². The third-order valence-corrected chi connectivity index (χ3v) is 4.58. The van der Waals surface area contributed by atoms with Crippen LogP contribution in [0.15, 0.2) is 31.8 Å². The monoisotopic (exact) mass is 353 g/mol. The maximum absolute atomic E-state index is 12.0. The standard InChI is InChI=1S/C21H23NO4/c1-5-6-9-22-18(23)8-7-15-14(4)25-21-13(3)20-16(11-17(15)21)12(2)10-19(24)26-20/h7-8,10-11H,5-6,9H2,1-4H3,(H,22,23)/b8-7+. The molecule has 0 aliphatic rings. The van der Waals surface area contributed by atoms with Gasteiger partial charge in [-0.1, -0.05) is 13.3 Å². The minimum atomic E-state index is -0.371. The number of carbonyl (C=O) groups excluding carboxylic acids is 1. The van der Waals surface area contributed by atoms with E-state index in [9.17, 15) is 9.59 Å². The molecule has 5 nitrogen and oxygen atoms in total. The van der Waals surface area contributed by atoms with Crippen LogP contribution in [0, 0.1) is 20.8 Å². The van der Waals surface area contributed by atoms with E-state index in [1.165, 1.54) is 12.1 Å². The van der Waals surface area contributed by atoms with E-state index in [0.717, 1.165) is 46.1 Å². The van der Waals surface area contributed by atoms with Crippen molar-refractivity contribution in [1.82, 2.24) is 5.32 Å². The summed E-state index contributed by atoms with van der Waals surface area (Å²) in [6, 6.07) is 3.44. The molecule has 0 saturated heterocycles. The van der Waals surface area contributed by atoms with Crippen LogP contribution in [0.25, 0.3) is 28.0 Å². The maximum Gasteiger partial charge on any atom is 0.336 e. The smallest absolute Gasteiger partial charge is 0.336 e. The number of unbranched alkanes of at least 4 members (excludes halogenated alkanes) is 1. The number of fused-ring (bicyclic) bond motifs is 2. The van der Waals surface area contributed by atoms with Crippen molar-refractivity contribution < 1.29 is 13.6 Å². The molecule has 0 unspecified atom stereocenters. The van der Waals surface area contributed by atoms with Crippen LogP contribution in [0.2, 0.25) is 0 Å². The lowest BCUT2D eigenvalue weighted by Gasteiger charge is -2.04. The number of hydrogen-bond acceptors (Lipinski definition) is 4. The molecule has 5 heteroatoms. The highest BCUT2D eigenvalue weighted by Crippen LogP contribution is 2.34. The van der Waals surface area contributed by atoms with Gasteiger partial charge in [0.15, 0.2) is 0 Å². The Hall–Kier alpha value is -2.82. The molecule has 0 bridgehead atoms. The van der Waals surface area contributed by atoms with Crippen molar-refractivity contribution >= 4 is 33.9 Å². The third-order valence-electron chi connectivity index (χ3n) is 4.58. The Morgan fingerprint density at radius 1 is 1.12 bits per heavy atom. The number of furan rings is 1. The van der Waals surface area contributed by atoms with E-state index in [1.54, 1.807) is 6.08 Å². The predicted molar refractivity (Wildman–Crippen MR) is 103 cm³/mol. The summed E-state index contributed by atoms with van der Waals surface area (Å²) in [4.78, 5) is 23.7. The number of amides is 1. The molecule has 0 atom stereocenters. The lowest BCUT2D eigenvalue weighted by molar-refractivity contribution is -0.116. The summed E-state index contributed by atoms with van der Waals surface area (Å²) >= 11 is 0. The molecule has 3 aromatic rings. The van der Waals surface area contributed by atoms with E-state index in [2.05, 4.69) is 12.2 Å². The molecule has 3 rings (SSSR count). The topological polar surface area (TPSA) is 72.5 Å². The minimum Gasteiger partial charge on any atom is -0.460 e. The highest BCUT2D eigenvalue weighted by atomic mass is 16.4. The van der Waals surface area contributed by atoms with Crippen molar-refractivity contribution in [3.05, 3.63) is 51.1 Å². The Morgan fingerprint density at radius 3 is 2.58 bits per heavy atom. The Kier molecular flexibility index (Phi) is 4.98. The van der Waals surface area contributed by atoms with Gasteiger partial charge in [0.2, 0.25) is 5.91 Å². The van der Waals surface area contributed by atoms with E-state index in [0.29, 0.717) is 17.7 Å². The van der Waals surface area contributed by atoms with Gasteiger partial charge in [-0.2, -0.15) is 0 Å². The fraction of sp³-hybridized carbons (Fsp3) is 0.333. The second-order valence-electron chi connectivity index (χ2n) is 6.55. The van der Waals surface area contributed by atoms with Gasteiger partial charge in [-0.05, 0) is 44.9 Å². The summed E-state index contributed by atoms with van der Waals surface area (Å²) < 4.78 is 11.3. The van der Waals surface area contributed by atoms with Crippen molar-refractivity contribution in [1.29, 1.82) is 0 Å². The summed E-state index contributed by atoms with van der Waals surface area (Å²) in [7, 11) is 0. The predicted octanol–water partition coefficient (Wildman–Crippen LogP) is 4.39. The summed E-state index contributed by atoms with van der Waals surface area (Å²) in [5.74, 6) is 0.600. The van der Waals surface area contributed by atoms with Gasteiger partial charge in [0, 0.05) is 40.6 Å². The average molecular weight is 353 g/mol. The Labute approximate surface area is 151 Å². The van der Waals surface area contributed by atoms with Crippen LogP contribution < -0.4 is 10.9 Å². The average Bonchev–Trinajstić information content (AvgIpc) is 2.90. The van der Waals surface area contributed by atoms with Gasteiger partial charge < -0.3 is 14.2 Å². The fourth-order valence-corrected chi connectivity index (χ4v) is 3.13. The van der Waals surface area contributed by atoms with Crippen LogP contribution in [0.4, 0.5) is 0 Å². The maximum atomic E-state index is 12.0. The number of hydrogen-bond donors (Lipinski definition) is 1. The summed E-state index contributed by atoms with van der Waals surface area (Å²) in [6.45, 7) is 8.38. The lowest BCUT2D eigenvalue weighted by Crippen LogP contribution is -2.21. The molecule has 2 aromatic heterocycles. The minimum absolute atomic E-state index is 0.119. The van der Waals surface area contributed by atoms with Crippen molar-refractivity contribution in [3.8, 4) is 0 Å². The molecule has 0 saturated carbocycles. The third kappa shape index (κ3) is 3.29. The van der Waals surface area contributed by atoms with E-state index in [1.807, 2.05) is 26.8 Å². The summed E-state index contributed by atoms with van der Waals surface area (Å²) in [5, 5.41) is 4.64. The van der Waals surface area contributed by atoms with Crippen LogP contribution in [0.1, 0.15) is 42.2 Å². The van der Waals surface area contributed by atoms with Gasteiger partial charge in [-0.15, -0.1) is 0 Å². The van der Waals surface area contributed by atoms with E-state index < -0.39 is 0 Å². The zero-order valence-electron chi connectivity index (χ0n) is 15.6. The van der Waals surface area contributed by atoms with E-state index in [-0.39, 0.29) is 11.5 Å². The van der Waals surface area contributed by atoms with Crippen molar-refractivity contribution in [2.24, 2.45) is 0 Å². The molecule has 0 radical (unpaired) electrons. The first-order chi connectivity index (χ1) is 12.4. The number of rotatable bonds is 5. The number of nitrogens with one attached hydrogen (secondary N) is 1. The van der Waals surface area contributed by atoms with Gasteiger partial charge in [0.25, 0.3) is 0 Å². The van der Waals surface area contributed by atoms with Crippen LogP contribution in [0.3, 0.4) is 0 Å². The van der Waals surface area contributed by atoms with Crippen LogP contribution in [0.5, 0.6) is 0 Å². The van der Waals surface area contributed by atoms with Crippen molar-refractivity contribution in [2.75, 3.05) is 6.54 Å². The van der Waals surface area contributed by atoms with Gasteiger partial charge in [-0.25, -0.2) is 4.79 Å². The van der Waals surface area contributed by atoms with Crippen LogP contribution >= 0.6 is 0 Å². The molecule has 0 fully saturated rings. The Morgan fingerprint density at radius 2 is 1.85 bits per heavy atom. The molecule has 26 heavy (non-hydrogen) atoms. The van der Waals surface area contributed by atoms with Gasteiger partial charge >= 0.3 is 5.63 Å². The van der Waals surface area contributed by atoms with Crippen LogP contribution in [-0.2, 0) is 4.79 Å². The highest BCUT2D eigenvalue weighted by Gasteiger charge is 2.16. The molecule has 0 aliphatic heterocycles. The molecular weight excluding hydrogens is 330 g/mol. The Balaban J connectivity index is 2.08. The molecule has 136 valence electrons. The second kappa shape index (κ2) is 7.20. The zero-order chi connectivity index (χ0) is 18.8. The quantitative estimate of drug-likeness (QED) is 0.419. The molecule has 0 aliphatic carbocycles. The molecule has 1 aromatic carbocycles. The zero-order valence-corrected chi connectivity index (χ0v) is 15.6. The SMILES string of the molecule is CCCCNC(=O)/C=C/c1c(C)oc2c(C)c3oc(=O)cc(C)c3cc12. The largest absolute Gasteiger partial charge is 0.460 e. The molecule has 1 N–H and O–H groups in total. The number of aryl methyl sites for hydroxylation is 3. The molecule has 2 heterocycles. The van der Waals surface area contributed by atoms with Crippen LogP contribution in [-0.4, -0.2) is 12.5 Å². The Bertz CT molecular complexity index is 1070. The fourth-order valence-electron chi connectivity index (χ4n) is 3.13. The van der Waals surface area contributed by atoms with Crippen molar-refractivity contribution in [2.45, 2.75) is 40.5 Å². The first-order valence-electron chi connectivity index (χ1n) is 8.85. The second-order valence-corrected chi connectivity index (χ2v) is 6.55. The normalized spacial score (nSPS) is 11.7. The van der Waals surface area contributed by atoms with Gasteiger partial charge in [-0.3, -0.25) is 4.79 Å². The van der Waals surface area contributed by atoms with Gasteiger partial charge in [0.1, 0.15) is 16.9 Å². The van der Waals surface area contributed by atoms with E-state index in [4.69, 9.17) is 8.83 Å². The highest BCUT2D eigenvalue weighted by molar-refractivity contribution is 6.03. The molecular formula is C21H23NO4. The lowest BCUT2D eigenvalue weighted by atomic mass is 10.0.